The fourth-order valence-corrected chi connectivity index (χ4v) is 3.95. The predicted octanol–water partition coefficient (Wildman–Crippen LogP) is 5.21. The first kappa shape index (κ1) is 26.0. The van der Waals surface area contributed by atoms with E-state index in [1.54, 1.807) is 30.2 Å². The highest BCUT2D eigenvalue weighted by atomic mass is 79.9. The second kappa shape index (κ2) is 11.6. The Labute approximate surface area is 203 Å². The number of nitrogens with zero attached hydrogens (tertiary/aromatic N) is 1. The summed E-state index contributed by atoms with van der Waals surface area (Å²) < 4.78 is 11.7. The molecule has 0 spiro atoms. The first-order chi connectivity index (χ1) is 15.0. The number of ether oxygens (including phenoxy) is 2. The van der Waals surface area contributed by atoms with Gasteiger partial charge in [0.05, 0.1) is 11.6 Å². The lowest BCUT2D eigenvalue weighted by Crippen LogP contribution is -2.54. The second-order valence-electron chi connectivity index (χ2n) is 8.40. The minimum Gasteiger partial charge on any atom is -0.497 e. The van der Waals surface area contributed by atoms with Gasteiger partial charge in [-0.1, -0.05) is 30.7 Å². The van der Waals surface area contributed by atoms with Gasteiger partial charge in [-0.25, -0.2) is 0 Å². The molecule has 1 N–H and O–H groups in total. The minimum atomic E-state index is -0.648. The van der Waals surface area contributed by atoms with E-state index in [4.69, 9.17) is 21.1 Å². The van der Waals surface area contributed by atoms with Gasteiger partial charge >= 0.3 is 0 Å². The Morgan fingerprint density at radius 1 is 1.19 bits per heavy atom. The molecule has 1 atom stereocenters. The van der Waals surface area contributed by atoms with Crippen LogP contribution in [0.1, 0.15) is 39.7 Å². The zero-order chi connectivity index (χ0) is 23.9. The summed E-state index contributed by atoms with van der Waals surface area (Å²) in [4.78, 5) is 27.8. The standard InChI is InChI=1S/C24H30BrClN2O4/c1-6-20(23(30)27-24(2,3)4)28(14-16-8-7-9-18(12-16)31-5)22(29)15-32-21-11-10-17(26)13-19(21)25/h7-13,20H,6,14-15H2,1-5H3,(H,27,30)/t20-/m0/s1. The molecule has 0 aliphatic rings. The maximum atomic E-state index is 13.3. The van der Waals surface area contributed by atoms with E-state index in [1.165, 1.54) is 0 Å². The Hall–Kier alpha value is -2.25. The van der Waals surface area contributed by atoms with Crippen molar-refractivity contribution in [3.8, 4) is 11.5 Å². The molecule has 2 rings (SSSR count). The monoisotopic (exact) mass is 524 g/mol. The van der Waals surface area contributed by atoms with Crippen molar-refractivity contribution >= 4 is 39.3 Å². The van der Waals surface area contributed by atoms with Gasteiger partial charge in [-0.05, 0) is 79.0 Å². The molecule has 0 saturated carbocycles. The molecule has 0 heterocycles. The number of hydrogen-bond acceptors (Lipinski definition) is 4. The molecular weight excluding hydrogens is 496 g/mol. The van der Waals surface area contributed by atoms with Crippen LogP contribution < -0.4 is 14.8 Å². The zero-order valence-corrected chi connectivity index (χ0v) is 21.4. The summed E-state index contributed by atoms with van der Waals surface area (Å²) in [7, 11) is 1.59. The minimum absolute atomic E-state index is 0.205. The smallest absolute Gasteiger partial charge is 0.261 e. The number of nitrogens with one attached hydrogen (secondary N) is 1. The summed E-state index contributed by atoms with van der Waals surface area (Å²) in [6.07, 6.45) is 0.461. The van der Waals surface area contributed by atoms with Crippen molar-refractivity contribution in [2.75, 3.05) is 13.7 Å². The topological polar surface area (TPSA) is 67.9 Å². The fourth-order valence-electron chi connectivity index (χ4n) is 3.15. The lowest BCUT2D eigenvalue weighted by atomic mass is 10.1. The summed E-state index contributed by atoms with van der Waals surface area (Å²) >= 11 is 9.37. The van der Waals surface area contributed by atoms with Crippen LogP contribution in [0.25, 0.3) is 0 Å². The van der Waals surface area contributed by atoms with E-state index in [0.717, 1.165) is 5.56 Å². The van der Waals surface area contributed by atoms with Crippen molar-refractivity contribution in [3.05, 3.63) is 57.5 Å². The Morgan fingerprint density at radius 2 is 1.91 bits per heavy atom. The highest BCUT2D eigenvalue weighted by Crippen LogP contribution is 2.28. The Balaban J connectivity index is 2.28. The van der Waals surface area contributed by atoms with Crippen LogP contribution in [0.4, 0.5) is 0 Å². The zero-order valence-electron chi connectivity index (χ0n) is 19.1. The van der Waals surface area contributed by atoms with Crippen LogP contribution in [0.3, 0.4) is 0 Å². The highest BCUT2D eigenvalue weighted by molar-refractivity contribution is 9.10. The number of carbonyl (C=O) groups is 2. The summed E-state index contributed by atoms with van der Waals surface area (Å²) in [6.45, 7) is 7.64. The van der Waals surface area contributed by atoms with Gasteiger partial charge in [-0.2, -0.15) is 0 Å². The molecule has 0 saturated heterocycles. The average molecular weight is 526 g/mol. The van der Waals surface area contributed by atoms with Crippen LogP contribution in [0.2, 0.25) is 5.02 Å². The third-order valence-electron chi connectivity index (χ3n) is 4.62. The summed E-state index contributed by atoms with van der Waals surface area (Å²) in [6, 6.07) is 11.9. The van der Waals surface area contributed by atoms with Crippen molar-refractivity contribution in [3.63, 3.8) is 0 Å². The quantitative estimate of drug-likeness (QED) is 0.488. The predicted molar refractivity (Wildman–Crippen MR) is 130 cm³/mol. The summed E-state index contributed by atoms with van der Waals surface area (Å²) in [5.41, 5.74) is 0.437. The van der Waals surface area contributed by atoms with Crippen LogP contribution in [-0.2, 0) is 16.1 Å². The molecule has 0 aliphatic heterocycles. The van der Waals surface area contributed by atoms with Crippen molar-refractivity contribution in [1.82, 2.24) is 10.2 Å². The third-order valence-corrected chi connectivity index (χ3v) is 5.47. The molecule has 174 valence electrons. The number of halogens is 2. The van der Waals surface area contributed by atoms with Gasteiger partial charge in [0.2, 0.25) is 5.91 Å². The largest absolute Gasteiger partial charge is 0.497 e. The van der Waals surface area contributed by atoms with E-state index in [0.29, 0.717) is 27.4 Å². The molecule has 2 aromatic carbocycles. The molecule has 2 amide bonds. The lowest BCUT2D eigenvalue weighted by molar-refractivity contribution is -0.143. The van der Waals surface area contributed by atoms with Crippen molar-refractivity contribution in [1.29, 1.82) is 0 Å². The van der Waals surface area contributed by atoms with Gasteiger partial charge < -0.3 is 19.7 Å². The van der Waals surface area contributed by atoms with Crippen LogP contribution >= 0.6 is 27.5 Å². The first-order valence-electron chi connectivity index (χ1n) is 10.4. The van der Waals surface area contributed by atoms with E-state index in [-0.39, 0.29) is 25.0 Å². The van der Waals surface area contributed by atoms with Crippen LogP contribution in [0, 0.1) is 0 Å². The van der Waals surface area contributed by atoms with E-state index in [9.17, 15) is 9.59 Å². The van der Waals surface area contributed by atoms with Crippen molar-refractivity contribution < 1.29 is 19.1 Å². The number of hydrogen-bond donors (Lipinski definition) is 1. The molecule has 0 fully saturated rings. The number of methoxy groups -OCH3 is 1. The van der Waals surface area contributed by atoms with Gasteiger partial charge in [-0.3, -0.25) is 9.59 Å². The van der Waals surface area contributed by atoms with E-state index < -0.39 is 11.6 Å². The van der Waals surface area contributed by atoms with Gasteiger partial charge in [0.15, 0.2) is 6.61 Å². The Kier molecular flexibility index (Phi) is 9.40. The molecular formula is C24H30BrClN2O4. The van der Waals surface area contributed by atoms with E-state index in [1.807, 2.05) is 52.0 Å². The van der Waals surface area contributed by atoms with Crippen LogP contribution in [0.5, 0.6) is 11.5 Å². The summed E-state index contributed by atoms with van der Waals surface area (Å²) in [5, 5.41) is 3.54. The third kappa shape index (κ3) is 7.71. The van der Waals surface area contributed by atoms with Crippen molar-refractivity contribution in [2.45, 2.75) is 52.2 Å². The van der Waals surface area contributed by atoms with E-state index >= 15 is 0 Å². The number of rotatable bonds is 9. The van der Waals surface area contributed by atoms with Crippen molar-refractivity contribution in [2.24, 2.45) is 0 Å². The second-order valence-corrected chi connectivity index (χ2v) is 9.69. The molecule has 0 bridgehead atoms. The van der Waals surface area contributed by atoms with Crippen LogP contribution in [-0.4, -0.2) is 42.0 Å². The van der Waals surface area contributed by atoms with Gasteiger partial charge in [0.1, 0.15) is 17.5 Å². The van der Waals surface area contributed by atoms with E-state index in [2.05, 4.69) is 21.2 Å². The highest BCUT2D eigenvalue weighted by Gasteiger charge is 2.31. The Morgan fingerprint density at radius 3 is 2.50 bits per heavy atom. The molecule has 0 radical (unpaired) electrons. The number of amides is 2. The molecule has 0 aliphatic carbocycles. The number of benzene rings is 2. The van der Waals surface area contributed by atoms with Gasteiger partial charge in [0, 0.05) is 17.1 Å². The Bertz CT molecular complexity index is 946. The molecule has 32 heavy (non-hydrogen) atoms. The maximum Gasteiger partial charge on any atom is 0.261 e. The van der Waals surface area contributed by atoms with Gasteiger partial charge in [-0.15, -0.1) is 0 Å². The molecule has 6 nitrogen and oxygen atoms in total. The number of carbonyl (C=O) groups excluding carboxylic acids is 2. The fraction of sp³-hybridized carbons (Fsp3) is 0.417. The molecule has 0 unspecified atom stereocenters. The lowest BCUT2D eigenvalue weighted by Gasteiger charge is -2.33. The molecule has 0 aromatic heterocycles. The maximum absolute atomic E-state index is 13.3. The van der Waals surface area contributed by atoms with Gasteiger partial charge in [0.25, 0.3) is 5.91 Å². The van der Waals surface area contributed by atoms with Crippen LogP contribution in [0.15, 0.2) is 46.9 Å². The first-order valence-corrected chi connectivity index (χ1v) is 11.5. The molecule has 2 aromatic rings. The normalized spacial score (nSPS) is 12.1. The summed E-state index contributed by atoms with van der Waals surface area (Å²) in [5.74, 6) is 0.675. The SMILES string of the molecule is CC[C@@H](C(=O)NC(C)(C)C)N(Cc1cccc(OC)c1)C(=O)COc1ccc(Cl)cc1Br. The average Bonchev–Trinajstić information content (AvgIpc) is 2.71. The molecule has 8 heteroatoms.